The Labute approximate surface area is 134 Å². The summed E-state index contributed by atoms with van der Waals surface area (Å²) >= 11 is 0. The molecule has 1 rings (SSSR count). The Kier molecular flexibility index (Phi) is 21.6. The van der Waals surface area contributed by atoms with Crippen LogP contribution in [-0.4, -0.2) is 24.1 Å². The van der Waals surface area contributed by atoms with E-state index in [9.17, 15) is 14.4 Å². The first-order chi connectivity index (χ1) is 10.2. The minimum atomic E-state index is -0.211. The van der Waals surface area contributed by atoms with Crippen molar-refractivity contribution in [1.29, 1.82) is 0 Å². The van der Waals surface area contributed by atoms with E-state index in [2.05, 4.69) is 23.8 Å². The van der Waals surface area contributed by atoms with E-state index in [1.807, 2.05) is 25.1 Å². The predicted octanol–water partition coefficient (Wildman–Crippen LogP) is 4.15. The van der Waals surface area contributed by atoms with Crippen molar-refractivity contribution in [2.24, 2.45) is 0 Å². The van der Waals surface area contributed by atoms with Crippen LogP contribution in [0.4, 0.5) is 0 Å². The van der Waals surface area contributed by atoms with Gasteiger partial charge in [0, 0.05) is 13.3 Å². The zero-order valence-electron chi connectivity index (χ0n) is 14.9. The van der Waals surface area contributed by atoms with Gasteiger partial charge >= 0.3 is 5.97 Å². The average Bonchev–Trinajstić information content (AvgIpc) is 2.40. The molecule has 0 bridgehead atoms. The maximum atomic E-state index is 9.82. The third-order valence-electron chi connectivity index (χ3n) is 1.79. The molecule has 0 aliphatic rings. The zero-order chi connectivity index (χ0) is 18.0. The smallest absolute Gasteiger partial charge is 0.302 e. The summed E-state index contributed by atoms with van der Waals surface area (Å²) < 4.78 is 4.40. The lowest BCUT2D eigenvalue weighted by Gasteiger charge is -1.89. The number of benzene rings is 1. The van der Waals surface area contributed by atoms with E-state index in [-0.39, 0.29) is 17.5 Å². The Morgan fingerprint density at radius 2 is 1.27 bits per heavy atom. The van der Waals surface area contributed by atoms with Gasteiger partial charge in [0.1, 0.15) is 11.6 Å². The van der Waals surface area contributed by atoms with Crippen molar-refractivity contribution >= 4 is 17.5 Å². The van der Waals surface area contributed by atoms with Crippen LogP contribution >= 0.6 is 0 Å². The van der Waals surface area contributed by atoms with Crippen LogP contribution in [0.1, 0.15) is 53.5 Å². The summed E-state index contributed by atoms with van der Waals surface area (Å²) in [5, 5.41) is 0. The molecule has 0 aliphatic carbocycles. The Morgan fingerprint density at radius 3 is 1.36 bits per heavy atom. The highest BCUT2D eigenvalue weighted by atomic mass is 16.5. The summed E-state index contributed by atoms with van der Waals surface area (Å²) in [6.45, 7) is 12.2. The van der Waals surface area contributed by atoms with E-state index in [1.165, 1.54) is 26.3 Å². The lowest BCUT2D eigenvalue weighted by molar-refractivity contribution is -0.140. The number of Topliss-reactive ketones (excluding diaryl/α,β-unsaturated/α-hetero) is 2. The summed E-state index contributed by atoms with van der Waals surface area (Å²) in [6.07, 6.45) is 0.667. The highest BCUT2D eigenvalue weighted by molar-refractivity contribution is 5.74. The van der Waals surface area contributed by atoms with Gasteiger partial charge in [-0.2, -0.15) is 0 Å². The van der Waals surface area contributed by atoms with Crippen LogP contribution in [0.3, 0.4) is 0 Å². The molecule has 0 aromatic heterocycles. The number of rotatable bonds is 2. The van der Waals surface area contributed by atoms with Gasteiger partial charge in [-0.15, -0.1) is 0 Å². The van der Waals surface area contributed by atoms with Crippen molar-refractivity contribution in [3.63, 3.8) is 0 Å². The first-order valence-corrected chi connectivity index (χ1v) is 7.28. The number of ketones is 2. The summed E-state index contributed by atoms with van der Waals surface area (Å²) in [6, 6.07) is 10.3. The molecule has 0 heterocycles. The van der Waals surface area contributed by atoms with E-state index in [1.54, 1.807) is 13.8 Å². The van der Waals surface area contributed by atoms with Crippen LogP contribution in [0.5, 0.6) is 0 Å². The highest BCUT2D eigenvalue weighted by Crippen LogP contribution is 1.92. The van der Waals surface area contributed by atoms with Gasteiger partial charge in [0.15, 0.2) is 0 Å². The van der Waals surface area contributed by atoms with Crippen LogP contribution in [0, 0.1) is 6.92 Å². The van der Waals surface area contributed by atoms with Crippen molar-refractivity contribution < 1.29 is 19.1 Å². The number of carbonyl (C=O) groups excluding carboxylic acids is 3. The third kappa shape index (κ3) is 43.0. The molecule has 4 nitrogen and oxygen atoms in total. The lowest BCUT2D eigenvalue weighted by Crippen LogP contribution is -1.95. The SMILES string of the molecule is CC(C)=O.CCC(C)=O.CCOC(C)=O.Cc1ccccc1. The van der Waals surface area contributed by atoms with E-state index < -0.39 is 0 Å². The average molecular weight is 310 g/mol. The highest BCUT2D eigenvalue weighted by Gasteiger charge is 1.81. The minimum Gasteiger partial charge on any atom is -0.466 e. The summed E-state index contributed by atoms with van der Waals surface area (Å²) in [4.78, 5) is 29.1. The fourth-order valence-corrected chi connectivity index (χ4v) is 0.738. The third-order valence-corrected chi connectivity index (χ3v) is 1.79. The van der Waals surface area contributed by atoms with E-state index in [0.717, 1.165) is 0 Å². The van der Waals surface area contributed by atoms with Crippen LogP contribution in [0.2, 0.25) is 0 Å². The molecule has 1 aromatic rings. The van der Waals surface area contributed by atoms with Gasteiger partial charge in [0.05, 0.1) is 6.61 Å². The van der Waals surface area contributed by atoms with Gasteiger partial charge in [0.25, 0.3) is 0 Å². The summed E-state index contributed by atoms with van der Waals surface area (Å²) in [7, 11) is 0. The van der Waals surface area contributed by atoms with Gasteiger partial charge in [-0.3, -0.25) is 4.79 Å². The van der Waals surface area contributed by atoms with Crippen molar-refractivity contribution in [2.45, 2.75) is 54.9 Å². The van der Waals surface area contributed by atoms with Crippen LogP contribution in [-0.2, 0) is 19.1 Å². The van der Waals surface area contributed by atoms with Crippen molar-refractivity contribution in [1.82, 2.24) is 0 Å². The van der Waals surface area contributed by atoms with E-state index >= 15 is 0 Å². The second-order valence-electron chi connectivity index (χ2n) is 4.54. The van der Waals surface area contributed by atoms with Crippen molar-refractivity contribution in [3.05, 3.63) is 35.9 Å². The largest absolute Gasteiger partial charge is 0.466 e. The molecule has 1 aromatic carbocycles. The standard InChI is InChI=1S/C7H8.C4H8O2.C4H8O.C3H6O/c1-7-5-3-2-4-6-7;1-3-6-4(2)5;1-3-4(2)5;1-3(2)4/h2-6H,1H3;3H2,1-2H3;3H2,1-2H3;1-2H3. The predicted molar refractivity (Wildman–Crippen MR) is 90.8 cm³/mol. The lowest BCUT2D eigenvalue weighted by atomic mass is 10.2. The number of ether oxygens (including phenoxy) is 1. The van der Waals surface area contributed by atoms with Gasteiger partial charge < -0.3 is 14.3 Å². The maximum Gasteiger partial charge on any atom is 0.302 e. The molecule has 0 amide bonds. The Hall–Kier alpha value is -1.97. The molecule has 0 spiro atoms. The van der Waals surface area contributed by atoms with Crippen LogP contribution in [0.25, 0.3) is 0 Å². The first kappa shape index (κ1) is 25.0. The van der Waals surface area contributed by atoms with E-state index in [4.69, 9.17) is 0 Å². The Balaban J connectivity index is -0.000000224. The molecule has 0 fully saturated rings. The molecule has 0 unspecified atom stereocenters. The second kappa shape index (κ2) is 19.0. The number of aryl methyl sites for hydroxylation is 1. The van der Waals surface area contributed by atoms with Crippen LogP contribution < -0.4 is 0 Å². The summed E-state index contributed by atoms with van der Waals surface area (Å²) in [5.41, 5.74) is 1.32. The summed E-state index contributed by atoms with van der Waals surface area (Å²) in [5.74, 6) is 0.211. The van der Waals surface area contributed by atoms with Crippen LogP contribution in [0.15, 0.2) is 30.3 Å². The monoisotopic (exact) mass is 310 g/mol. The number of hydrogen-bond acceptors (Lipinski definition) is 4. The molecule has 0 saturated carbocycles. The Morgan fingerprint density at radius 1 is 0.909 bits per heavy atom. The molecule has 0 radical (unpaired) electrons. The fourth-order valence-electron chi connectivity index (χ4n) is 0.738. The van der Waals surface area contributed by atoms with Gasteiger partial charge in [0.2, 0.25) is 0 Å². The molecule has 0 atom stereocenters. The zero-order valence-corrected chi connectivity index (χ0v) is 14.9. The molecule has 22 heavy (non-hydrogen) atoms. The molecule has 126 valence electrons. The fraction of sp³-hybridized carbons (Fsp3) is 0.500. The van der Waals surface area contributed by atoms with E-state index in [0.29, 0.717) is 13.0 Å². The normalized spacial score (nSPS) is 7.77. The van der Waals surface area contributed by atoms with Gasteiger partial charge in [-0.05, 0) is 34.6 Å². The molecular weight excluding hydrogens is 280 g/mol. The minimum absolute atomic E-state index is 0.167. The molecule has 4 heteroatoms. The topological polar surface area (TPSA) is 60.4 Å². The number of hydrogen-bond donors (Lipinski definition) is 0. The number of carbonyl (C=O) groups is 3. The molecule has 0 N–H and O–H groups in total. The first-order valence-electron chi connectivity index (χ1n) is 7.28. The molecular formula is C18H30O4. The Bertz CT molecular complexity index is 393. The second-order valence-corrected chi connectivity index (χ2v) is 4.54. The number of esters is 1. The maximum absolute atomic E-state index is 9.82. The van der Waals surface area contributed by atoms with Crippen molar-refractivity contribution in [3.8, 4) is 0 Å². The molecule has 0 aliphatic heterocycles. The van der Waals surface area contributed by atoms with Crippen molar-refractivity contribution in [2.75, 3.05) is 6.61 Å². The van der Waals surface area contributed by atoms with Gasteiger partial charge in [-0.25, -0.2) is 0 Å². The van der Waals surface area contributed by atoms with Gasteiger partial charge in [-0.1, -0.05) is 42.8 Å². The quantitative estimate of drug-likeness (QED) is 0.770. The molecule has 0 saturated heterocycles.